The zero-order valence-electron chi connectivity index (χ0n) is 12.0. The van der Waals surface area contributed by atoms with Crippen molar-refractivity contribution >= 4 is 0 Å². The monoisotopic (exact) mass is 256 g/mol. The van der Waals surface area contributed by atoms with Crippen molar-refractivity contribution in [1.29, 1.82) is 0 Å². The van der Waals surface area contributed by atoms with Gasteiger partial charge in [-0.3, -0.25) is 4.90 Å². The molecule has 0 aromatic carbocycles. The van der Waals surface area contributed by atoms with Gasteiger partial charge in [-0.15, -0.1) is 0 Å². The maximum absolute atomic E-state index is 6.12. The molecule has 1 aliphatic heterocycles. The molecule has 0 amide bonds. The summed E-state index contributed by atoms with van der Waals surface area (Å²) >= 11 is 0. The van der Waals surface area contributed by atoms with Gasteiger partial charge in [0.05, 0.1) is 18.3 Å². The number of methoxy groups -OCH3 is 1. The predicted molar refractivity (Wildman–Crippen MR) is 72.6 cm³/mol. The highest BCUT2D eigenvalue weighted by molar-refractivity contribution is 4.98. The van der Waals surface area contributed by atoms with Gasteiger partial charge in [-0.25, -0.2) is 0 Å². The standard InChI is InChI=1S/C14H28N2O2/c1-11-8-16(9-12(2)18-11)14(10-15)6-4-13(17-3)5-7-14/h11-13H,4-10,15H2,1-3H3/t11-,12+,13?,14?. The highest BCUT2D eigenvalue weighted by atomic mass is 16.5. The molecule has 18 heavy (non-hydrogen) atoms. The second-order valence-corrected chi connectivity index (χ2v) is 6.03. The molecule has 4 nitrogen and oxygen atoms in total. The van der Waals surface area contributed by atoms with Crippen LogP contribution in [0.1, 0.15) is 39.5 Å². The van der Waals surface area contributed by atoms with Gasteiger partial charge in [-0.05, 0) is 39.5 Å². The molecule has 0 unspecified atom stereocenters. The molecule has 0 aromatic heterocycles. The molecular weight excluding hydrogens is 228 g/mol. The van der Waals surface area contributed by atoms with Crippen LogP contribution in [0, 0.1) is 0 Å². The van der Waals surface area contributed by atoms with Crippen LogP contribution < -0.4 is 5.73 Å². The Morgan fingerprint density at radius 2 is 1.78 bits per heavy atom. The van der Waals surface area contributed by atoms with Crippen molar-refractivity contribution < 1.29 is 9.47 Å². The number of morpholine rings is 1. The summed E-state index contributed by atoms with van der Waals surface area (Å²) in [5, 5.41) is 0. The van der Waals surface area contributed by atoms with E-state index in [1.807, 2.05) is 7.11 Å². The maximum atomic E-state index is 6.12. The zero-order valence-corrected chi connectivity index (χ0v) is 12.0. The quantitative estimate of drug-likeness (QED) is 0.829. The van der Waals surface area contributed by atoms with Gasteiger partial charge in [-0.2, -0.15) is 0 Å². The minimum absolute atomic E-state index is 0.182. The van der Waals surface area contributed by atoms with Crippen LogP contribution in [0.4, 0.5) is 0 Å². The molecule has 4 heteroatoms. The Bertz CT molecular complexity index is 255. The number of nitrogens with zero attached hydrogens (tertiary/aromatic N) is 1. The first-order valence-electron chi connectivity index (χ1n) is 7.23. The van der Waals surface area contributed by atoms with Crippen molar-refractivity contribution in [1.82, 2.24) is 4.90 Å². The predicted octanol–water partition coefficient (Wildman–Crippen LogP) is 1.38. The third-order valence-corrected chi connectivity index (χ3v) is 4.67. The third-order valence-electron chi connectivity index (χ3n) is 4.67. The fourth-order valence-corrected chi connectivity index (χ4v) is 3.58. The van der Waals surface area contributed by atoms with Crippen LogP contribution in [0.15, 0.2) is 0 Å². The van der Waals surface area contributed by atoms with Crippen molar-refractivity contribution in [3.63, 3.8) is 0 Å². The molecule has 2 atom stereocenters. The average molecular weight is 256 g/mol. The molecule has 0 radical (unpaired) electrons. The molecule has 2 fully saturated rings. The summed E-state index contributed by atoms with van der Waals surface area (Å²) in [6.45, 7) is 7.10. The normalized spacial score (nSPS) is 43.0. The molecule has 0 spiro atoms. The lowest BCUT2D eigenvalue weighted by molar-refractivity contribution is -0.114. The molecule has 1 saturated heterocycles. The molecule has 0 aromatic rings. The lowest BCUT2D eigenvalue weighted by Crippen LogP contribution is -2.62. The van der Waals surface area contributed by atoms with Gasteiger partial charge in [0, 0.05) is 32.3 Å². The molecule has 1 saturated carbocycles. The topological polar surface area (TPSA) is 47.7 Å². The van der Waals surface area contributed by atoms with E-state index in [1.165, 1.54) is 0 Å². The minimum Gasteiger partial charge on any atom is -0.381 e. The van der Waals surface area contributed by atoms with E-state index in [1.54, 1.807) is 0 Å². The summed E-state index contributed by atoms with van der Waals surface area (Å²) in [7, 11) is 1.82. The van der Waals surface area contributed by atoms with Crippen molar-refractivity contribution in [2.45, 2.75) is 63.4 Å². The van der Waals surface area contributed by atoms with Gasteiger partial charge >= 0.3 is 0 Å². The molecule has 2 rings (SSSR count). The lowest BCUT2D eigenvalue weighted by atomic mass is 9.78. The van der Waals surface area contributed by atoms with Crippen molar-refractivity contribution in [3.05, 3.63) is 0 Å². The molecule has 0 bridgehead atoms. The number of ether oxygens (including phenoxy) is 2. The summed E-state index contributed by atoms with van der Waals surface area (Å²) in [4.78, 5) is 2.58. The lowest BCUT2D eigenvalue weighted by Gasteiger charge is -2.51. The van der Waals surface area contributed by atoms with Crippen molar-refractivity contribution in [3.8, 4) is 0 Å². The number of hydrogen-bond acceptors (Lipinski definition) is 4. The van der Waals surface area contributed by atoms with Crippen molar-refractivity contribution in [2.24, 2.45) is 5.73 Å². The van der Waals surface area contributed by atoms with E-state index in [-0.39, 0.29) is 5.54 Å². The first-order valence-corrected chi connectivity index (χ1v) is 7.23. The summed E-state index contributed by atoms with van der Waals surface area (Å²) in [5.74, 6) is 0. The van der Waals surface area contributed by atoms with Crippen LogP contribution in [0.2, 0.25) is 0 Å². The number of hydrogen-bond donors (Lipinski definition) is 1. The van der Waals surface area contributed by atoms with Gasteiger partial charge in [0.2, 0.25) is 0 Å². The Morgan fingerprint density at radius 3 is 2.22 bits per heavy atom. The fraction of sp³-hybridized carbons (Fsp3) is 1.00. The first-order chi connectivity index (χ1) is 8.59. The number of nitrogens with two attached hydrogens (primary N) is 1. The Balaban J connectivity index is 2.03. The van der Waals surface area contributed by atoms with Crippen LogP contribution in [-0.2, 0) is 9.47 Å². The fourth-order valence-electron chi connectivity index (χ4n) is 3.58. The van der Waals surface area contributed by atoms with Gasteiger partial charge in [0.1, 0.15) is 0 Å². The van der Waals surface area contributed by atoms with Crippen molar-refractivity contribution in [2.75, 3.05) is 26.7 Å². The van der Waals surface area contributed by atoms with E-state index in [4.69, 9.17) is 15.2 Å². The zero-order chi connectivity index (χ0) is 13.2. The summed E-state index contributed by atoms with van der Waals surface area (Å²) in [5.41, 5.74) is 6.31. The summed E-state index contributed by atoms with van der Waals surface area (Å²) in [6, 6.07) is 0. The average Bonchev–Trinajstić information content (AvgIpc) is 2.37. The largest absolute Gasteiger partial charge is 0.381 e. The Morgan fingerprint density at radius 1 is 1.22 bits per heavy atom. The molecular formula is C14H28N2O2. The smallest absolute Gasteiger partial charge is 0.0678 e. The van der Waals surface area contributed by atoms with E-state index in [9.17, 15) is 0 Å². The second kappa shape index (κ2) is 5.87. The number of rotatable bonds is 3. The van der Waals surface area contributed by atoms with Crippen LogP contribution in [0.25, 0.3) is 0 Å². The van der Waals surface area contributed by atoms with E-state index < -0.39 is 0 Å². The van der Waals surface area contributed by atoms with Crippen LogP contribution in [0.5, 0.6) is 0 Å². The van der Waals surface area contributed by atoms with E-state index >= 15 is 0 Å². The highest BCUT2D eigenvalue weighted by Crippen LogP contribution is 2.35. The van der Waals surface area contributed by atoms with Gasteiger partial charge in [0.25, 0.3) is 0 Å². The SMILES string of the molecule is COC1CCC(CN)(N2C[C@@H](C)O[C@@H](C)C2)CC1. The Kier molecular flexibility index (Phi) is 4.64. The van der Waals surface area contributed by atoms with Gasteiger partial charge < -0.3 is 15.2 Å². The maximum Gasteiger partial charge on any atom is 0.0678 e. The summed E-state index contributed by atoms with van der Waals surface area (Å²) in [6.07, 6.45) is 5.64. The third kappa shape index (κ3) is 2.87. The van der Waals surface area contributed by atoms with E-state index in [0.29, 0.717) is 18.3 Å². The van der Waals surface area contributed by atoms with Gasteiger partial charge in [-0.1, -0.05) is 0 Å². The highest BCUT2D eigenvalue weighted by Gasteiger charge is 2.41. The first kappa shape index (κ1) is 14.3. The van der Waals surface area contributed by atoms with Crippen LogP contribution in [-0.4, -0.2) is 55.5 Å². The molecule has 106 valence electrons. The second-order valence-electron chi connectivity index (χ2n) is 6.03. The molecule has 2 N–H and O–H groups in total. The van der Waals surface area contributed by atoms with Crippen LogP contribution in [0.3, 0.4) is 0 Å². The van der Waals surface area contributed by atoms with Gasteiger partial charge in [0.15, 0.2) is 0 Å². The molecule has 2 aliphatic rings. The molecule has 1 aliphatic carbocycles. The van der Waals surface area contributed by atoms with E-state index in [0.717, 1.165) is 45.3 Å². The van der Waals surface area contributed by atoms with E-state index in [2.05, 4.69) is 18.7 Å². The molecule has 1 heterocycles. The Hall–Kier alpha value is -0.160. The Labute approximate surface area is 111 Å². The minimum atomic E-state index is 0.182. The van der Waals surface area contributed by atoms with Crippen LogP contribution >= 0.6 is 0 Å². The summed E-state index contributed by atoms with van der Waals surface area (Å²) < 4.78 is 11.3.